The van der Waals surface area contributed by atoms with E-state index in [4.69, 9.17) is 11.5 Å². The van der Waals surface area contributed by atoms with Gasteiger partial charge in [0.2, 0.25) is 17.7 Å². The monoisotopic (exact) mass is 479 g/mol. The number of aromatic amines is 1. The maximum Gasteiger partial charge on any atom is 0.326 e. The molecule has 2 heterocycles. The molecule has 1 aromatic rings. The number of carbonyl (C=O) groups excluding carboxylic acids is 3. The number of hydrogen-bond donors (Lipinski definition) is 6. The van der Waals surface area contributed by atoms with Crippen molar-refractivity contribution in [2.24, 2.45) is 17.4 Å². The van der Waals surface area contributed by atoms with Gasteiger partial charge >= 0.3 is 5.97 Å². The van der Waals surface area contributed by atoms with Gasteiger partial charge in [0, 0.05) is 24.9 Å². The number of amides is 3. The first kappa shape index (κ1) is 27.3. The van der Waals surface area contributed by atoms with Gasteiger partial charge in [0.05, 0.1) is 12.4 Å². The normalized spacial score (nSPS) is 18.4. The Bertz CT molecular complexity index is 830. The van der Waals surface area contributed by atoms with Crippen molar-refractivity contribution in [1.29, 1.82) is 0 Å². The first-order chi connectivity index (χ1) is 16.1. The minimum absolute atomic E-state index is 0.0362. The quantitative estimate of drug-likeness (QED) is 0.196. The van der Waals surface area contributed by atoms with Crippen LogP contribution in [0, 0.1) is 5.92 Å². The first-order valence-corrected chi connectivity index (χ1v) is 11.7. The molecule has 0 radical (unpaired) electrons. The highest BCUT2D eigenvalue weighted by atomic mass is 16.4. The molecular weight excluding hydrogens is 442 g/mol. The van der Waals surface area contributed by atoms with Gasteiger partial charge in [0.1, 0.15) is 18.1 Å². The summed E-state index contributed by atoms with van der Waals surface area (Å²) in [5.41, 5.74) is 12.0. The fourth-order valence-corrected chi connectivity index (χ4v) is 3.98. The summed E-state index contributed by atoms with van der Waals surface area (Å²) in [5, 5.41) is 14.8. The summed E-state index contributed by atoms with van der Waals surface area (Å²) in [6.45, 7) is 4.47. The summed E-state index contributed by atoms with van der Waals surface area (Å²) in [5.74, 6) is -2.76. The van der Waals surface area contributed by atoms with Gasteiger partial charge in [-0.3, -0.25) is 14.4 Å². The second-order valence-electron chi connectivity index (χ2n) is 8.99. The fourth-order valence-electron chi connectivity index (χ4n) is 3.98. The number of likely N-dealkylation sites (tertiary alicyclic amines) is 1. The molecule has 0 saturated carbocycles. The number of carbonyl (C=O) groups is 4. The SMILES string of the molecule is CC(C)C(NC(=O)C(N)CCCCN)C(=O)N1CCCC1C(=O)NC(Cc1cnc[nH]1)C(=O)O. The second kappa shape index (κ2) is 13.0. The number of nitrogens with zero attached hydrogens (tertiary/aromatic N) is 2. The Balaban J connectivity index is 2.05. The van der Waals surface area contributed by atoms with Crippen molar-refractivity contribution in [2.45, 2.75) is 76.5 Å². The molecule has 4 atom stereocenters. The van der Waals surface area contributed by atoms with E-state index in [2.05, 4.69) is 20.6 Å². The molecule has 1 aliphatic heterocycles. The minimum atomic E-state index is -1.19. The molecule has 3 amide bonds. The molecule has 0 aromatic carbocycles. The molecule has 12 nitrogen and oxygen atoms in total. The zero-order valence-electron chi connectivity index (χ0n) is 19.8. The van der Waals surface area contributed by atoms with Gasteiger partial charge in [0.25, 0.3) is 0 Å². The van der Waals surface area contributed by atoms with Crippen molar-refractivity contribution in [3.8, 4) is 0 Å². The van der Waals surface area contributed by atoms with Crippen LogP contribution >= 0.6 is 0 Å². The van der Waals surface area contributed by atoms with Gasteiger partial charge in [-0.15, -0.1) is 0 Å². The Kier molecular flexibility index (Phi) is 10.5. The van der Waals surface area contributed by atoms with Gasteiger partial charge in [-0.1, -0.05) is 20.3 Å². The van der Waals surface area contributed by atoms with Crippen LogP contribution < -0.4 is 22.1 Å². The van der Waals surface area contributed by atoms with Crippen LogP contribution in [0.4, 0.5) is 0 Å². The van der Waals surface area contributed by atoms with Gasteiger partial charge in [-0.2, -0.15) is 0 Å². The Morgan fingerprint density at radius 2 is 2.00 bits per heavy atom. The molecule has 2 rings (SSSR count). The van der Waals surface area contributed by atoms with E-state index in [1.807, 2.05) is 0 Å². The van der Waals surface area contributed by atoms with Crippen molar-refractivity contribution in [2.75, 3.05) is 13.1 Å². The van der Waals surface area contributed by atoms with Gasteiger partial charge < -0.3 is 37.1 Å². The number of unbranched alkanes of at least 4 members (excludes halogenated alkanes) is 1. The molecule has 1 fully saturated rings. The smallest absolute Gasteiger partial charge is 0.326 e. The van der Waals surface area contributed by atoms with Crippen LogP contribution in [0.15, 0.2) is 12.5 Å². The van der Waals surface area contributed by atoms with Crippen LogP contribution in [-0.4, -0.2) is 80.9 Å². The highest BCUT2D eigenvalue weighted by Crippen LogP contribution is 2.21. The molecule has 0 spiro atoms. The molecule has 190 valence electrons. The van der Waals surface area contributed by atoms with Crippen LogP contribution in [0.3, 0.4) is 0 Å². The lowest BCUT2D eigenvalue weighted by atomic mass is 10.0. The van der Waals surface area contributed by atoms with E-state index < -0.39 is 42.0 Å². The summed E-state index contributed by atoms with van der Waals surface area (Å²) in [6.07, 6.45) is 5.89. The second-order valence-corrected chi connectivity index (χ2v) is 8.99. The average Bonchev–Trinajstić information content (AvgIpc) is 3.48. The number of carboxylic acid groups (broad SMARTS) is 1. The number of aromatic nitrogens is 2. The summed E-state index contributed by atoms with van der Waals surface area (Å²) in [7, 11) is 0. The van der Waals surface area contributed by atoms with Gasteiger partial charge in [-0.05, 0) is 38.1 Å². The topological polar surface area (TPSA) is 197 Å². The number of nitrogens with one attached hydrogen (secondary N) is 3. The van der Waals surface area contributed by atoms with Crippen molar-refractivity contribution in [1.82, 2.24) is 25.5 Å². The Labute approximate surface area is 199 Å². The molecule has 1 saturated heterocycles. The molecule has 34 heavy (non-hydrogen) atoms. The minimum Gasteiger partial charge on any atom is -0.480 e. The number of H-pyrrole nitrogens is 1. The number of carboxylic acids is 1. The zero-order valence-corrected chi connectivity index (χ0v) is 19.8. The van der Waals surface area contributed by atoms with Crippen LogP contribution in [-0.2, 0) is 25.6 Å². The average molecular weight is 480 g/mol. The van der Waals surface area contributed by atoms with Crippen molar-refractivity contribution in [3.05, 3.63) is 18.2 Å². The van der Waals surface area contributed by atoms with Crippen molar-refractivity contribution >= 4 is 23.7 Å². The van der Waals surface area contributed by atoms with E-state index in [1.165, 1.54) is 17.4 Å². The predicted octanol–water partition coefficient (Wildman–Crippen LogP) is -0.890. The van der Waals surface area contributed by atoms with Crippen LogP contribution in [0.2, 0.25) is 0 Å². The Morgan fingerprint density at radius 1 is 1.26 bits per heavy atom. The van der Waals surface area contributed by atoms with E-state index in [1.54, 1.807) is 13.8 Å². The van der Waals surface area contributed by atoms with Crippen LogP contribution in [0.1, 0.15) is 51.6 Å². The lowest BCUT2D eigenvalue weighted by Crippen LogP contribution is -2.58. The van der Waals surface area contributed by atoms with Crippen LogP contribution in [0.5, 0.6) is 0 Å². The number of hydrogen-bond acceptors (Lipinski definition) is 7. The molecule has 1 aromatic heterocycles. The Morgan fingerprint density at radius 3 is 2.59 bits per heavy atom. The molecule has 4 unspecified atom stereocenters. The van der Waals surface area contributed by atoms with Crippen molar-refractivity contribution < 1.29 is 24.3 Å². The summed E-state index contributed by atoms with van der Waals surface area (Å²) >= 11 is 0. The lowest BCUT2D eigenvalue weighted by molar-refractivity contribution is -0.145. The molecule has 0 aliphatic carbocycles. The standard InChI is InChI=1S/C22H37N7O5/c1-13(2)18(28-19(30)15(24)6-3-4-8-23)21(32)29-9-5-7-17(29)20(31)27-16(22(33)34)10-14-11-25-12-26-14/h11-13,15-18H,3-10,23-24H2,1-2H3,(H,25,26)(H,27,31)(H,28,30)(H,33,34). The molecule has 1 aliphatic rings. The molecule has 12 heteroatoms. The van der Waals surface area contributed by atoms with E-state index in [9.17, 15) is 24.3 Å². The Hall–Kier alpha value is -2.99. The third-order valence-corrected chi connectivity index (χ3v) is 5.97. The highest BCUT2D eigenvalue weighted by molar-refractivity contribution is 5.94. The number of aliphatic carboxylic acids is 1. The summed E-state index contributed by atoms with van der Waals surface area (Å²) < 4.78 is 0. The van der Waals surface area contributed by atoms with Crippen molar-refractivity contribution in [3.63, 3.8) is 0 Å². The fraction of sp³-hybridized carbons (Fsp3) is 0.682. The van der Waals surface area contributed by atoms with E-state index in [0.717, 1.165) is 6.42 Å². The number of nitrogens with two attached hydrogens (primary N) is 2. The van der Waals surface area contributed by atoms with Crippen LogP contribution in [0.25, 0.3) is 0 Å². The maximum absolute atomic E-state index is 13.3. The number of imidazole rings is 1. The predicted molar refractivity (Wildman–Crippen MR) is 124 cm³/mol. The number of rotatable bonds is 13. The lowest BCUT2D eigenvalue weighted by Gasteiger charge is -2.31. The molecule has 0 bridgehead atoms. The maximum atomic E-state index is 13.3. The third-order valence-electron chi connectivity index (χ3n) is 5.97. The molecule has 8 N–H and O–H groups in total. The largest absolute Gasteiger partial charge is 0.480 e. The molecular formula is C22H37N7O5. The van der Waals surface area contributed by atoms with Gasteiger partial charge in [0.15, 0.2) is 0 Å². The third kappa shape index (κ3) is 7.52. The highest BCUT2D eigenvalue weighted by Gasteiger charge is 2.40. The summed E-state index contributed by atoms with van der Waals surface area (Å²) in [6, 6.07) is -3.58. The van der Waals surface area contributed by atoms with Gasteiger partial charge in [-0.25, -0.2) is 9.78 Å². The first-order valence-electron chi connectivity index (χ1n) is 11.7. The summed E-state index contributed by atoms with van der Waals surface area (Å²) in [4.78, 5) is 58.6. The van der Waals surface area contributed by atoms with E-state index >= 15 is 0 Å². The zero-order chi connectivity index (χ0) is 25.3. The van der Waals surface area contributed by atoms with E-state index in [-0.39, 0.29) is 18.2 Å². The van der Waals surface area contributed by atoms with E-state index in [0.29, 0.717) is 44.5 Å².